The van der Waals surface area contributed by atoms with Crippen LogP contribution in [0.1, 0.15) is 8.85 Å². The minimum absolute atomic E-state index is 0. The van der Waals surface area contributed by atoms with Crippen molar-refractivity contribution in [3.8, 4) is 0 Å². The van der Waals surface area contributed by atoms with E-state index in [0.29, 0.717) is 0 Å². The molecule has 1 aromatic carbocycles. The van der Waals surface area contributed by atoms with Gasteiger partial charge in [-0.15, -0.1) is 0 Å². The van der Waals surface area contributed by atoms with Gasteiger partial charge in [-0.05, 0) is 7.05 Å². The summed E-state index contributed by atoms with van der Waals surface area (Å²) in [5, 5.41) is 0. The fourth-order valence-electron chi connectivity index (χ4n) is 0.385. The highest BCUT2D eigenvalue weighted by atomic mass is 14.4. The minimum atomic E-state index is 0. The lowest BCUT2D eigenvalue weighted by Gasteiger charge is -1.69. The Balaban J connectivity index is -0.000000114. The Labute approximate surface area is 59.0 Å². The number of nitrogens with two attached hydrogens (primary N) is 1. The van der Waals surface area contributed by atoms with E-state index in [1.54, 1.807) is 0 Å². The van der Waals surface area contributed by atoms with Gasteiger partial charge >= 0.3 is 0 Å². The minimum Gasteiger partial charge on any atom is -0.333 e. The Morgan fingerprint density at radius 3 is 1.00 bits per heavy atom. The topological polar surface area (TPSA) is 26.0 Å². The Morgan fingerprint density at radius 1 is 0.778 bits per heavy atom. The maximum Gasteiger partial charge on any atom is 0 e. The van der Waals surface area contributed by atoms with Gasteiger partial charge in [0.2, 0.25) is 0 Å². The Bertz CT molecular complexity index is 81.2. The third-order valence-corrected chi connectivity index (χ3v) is 0.667. The van der Waals surface area contributed by atoms with Gasteiger partial charge in [0.15, 0.2) is 0 Å². The molecule has 0 amide bonds. The largest absolute Gasteiger partial charge is 0.333 e. The van der Waals surface area contributed by atoms with Gasteiger partial charge in [-0.3, -0.25) is 0 Å². The van der Waals surface area contributed by atoms with E-state index in [4.69, 9.17) is 0 Å². The second kappa shape index (κ2) is 10.2. The molecule has 0 saturated carbocycles. The van der Waals surface area contributed by atoms with Crippen molar-refractivity contribution < 1.29 is 1.43 Å². The molecule has 0 unspecified atom stereocenters. The molecule has 9 heavy (non-hydrogen) atoms. The highest BCUT2D eigenvalue weighted by Crippen LogP contribution is 1.79. The molecule has 0 aromatic heterocycles. The van der Waals surface area contributed by atoms with E-state index >= 15 is 0 Å². The third-order valence-electron chi connectivity index (χ3n) is 0.667. The van der Waals surface area contributed by atoms with Crippen molar-refractivity contribution in [2.24, 2.45) is 5.73 Å². The van der Waals surface area contributed by atoms with Crippen LogP contribution in [-0.2, 0) is 0 Å². The first-order valence-corrected chi connectivity index (χ1v) is 2.58. The standard InChI is InChI=1S/C6H6.CH5N.CH4.H2/c1-2-4-6-5-3-1;1-2;;/h1-6H;2H2,1H3;1H4;1H/i;;;1+1. The van der Waals surface area contributed by atoms with E-state index in [-0.39, 0.29) is 8.85 Å². The lowest BCUT2D eigenvalue weighted by Crippen LogP contribution is -1.69. The van der Waals surface area contributed by atoms with Gasteiger partial charge in [-0.1, -0.05) is 43.8 Å². The lowest BCUT2D eigenvalue weighted by molar-refractivity contribution is 1.48. The quantitative estimate of drug-likeness (QED) is 0.569. The van der Waals surface area contributed by atoms with E-state index in [1.807, 2.05) is 36.4 Å². The van der Waals surface area contributed by atoms with Crippen LogP contribution in [0.3, 0.4) is 0 Å². The second-order valence-electron chi connectivity index (χ2n) is 1.15. The SMILES string of the molecule is C.CN.[2HH].c1ccccc1. The van der Waals surface area contributed by atoms with E-state index in [2.05, 4.69) is 5.73 Å². The van der Waals surface area contributed by atoms with Crippen LogP contribution in [-0.4, -0.2) is 7.05 Å². The van der Waals surface area contributed by atoms with Crippen molar-refractivity contribution >= 4 is 0 Å². The Kier molecular flexibility index (Phi) is 12.5. The number of hydrogen-bond donors (Lipinski definition) is 1. The van der Waals surface area contributed by atoms with Crippen LogP contribution in [0.5, 0.6) is 0 Å². The molecule has 54 valence electrons. The van der Waals surface area contributed by atoms with Crippen LogP contribution in [0.25, 0.3) is 0 Å². The summed E-state index contributed by atoms with van der Waals surface area (Å²) >= 11 is 0. The lowest BCUT2D eigenvalue weighted by atomic mass is 10.4. The van der Waals surface area contributed by atoms with Crippen molar-refractivity contribution in [1.29, 1.82) is 0 Å². The number of rotatable bonds is 0. The molecule has 0 heterocycles. The van der Waals surface area contributed by atoms with Crippen molar-refractivity contribution in [1.82, 2.24) is 0 Å². The summed E-state index contributed by atoms with van der Waals surface area (Å²) in [5.41, 5.74) is 4.50. The summed E-state index contributed by atoms with van der Waals surface area (Å²) in [5.74, 6) is 0. The van der Waals surface area contributed by atoms with Crippen LogP contribution >= 0.6 is 0 Å². The van der Waals surface area contributed by atoms with E-state index in [9.17, 15) is 0 Å². The van der Waals surface area contributed by atoms with Crippen molar-refractivity contribution in [3.63, 3.8) is 0 Å². The van der Waals surface area contributed by atoms with E-state index < -0.39 is 0 Å². The first kappa shape index (κ1) is 11.0. The van der Waals surface area contributed by atoms with Crippen LogP contribution in [0, 0.1) is 0 Å². The summed E-state index contributed by atoms with van der Waals surface area (Å²) in [6.45, 7) is 0. The molecule has 1 heteroatoms. The fraction of sp³-hybridized carbons (Fsp3) is 0.250. The van der Waals surface area contributed by atoms with Crippen LogP contribution < -0.4 is 5.73 Å². The Hall–Kier alpha value is -0.820. The average molecular weight is 128 g/mol. The highest BCUT2D eigenvalue weighted by molar-refractivity contribution is 4.99. The van der Waals surface area contributed by atoms with Gasteiger partial charge in [0.25, 0.3) is 0 Å². The molecule has 1 rings (SSSR count). The molecule has 0 aliphatic carbocycles. The normalized spacial score (nSPS) is 6.00. The molecule has 0 radical (unpaired) electrons. The van der Waals surface area contributed by atoms with Crippen LogP contribution in [0.2, 0.25) is 0 Å². The monoisotopic (exact) mass is 128 g/mol. The van der Waals surface area contributed by atoms with Crippen molar-refractivity contribution in [3.05, 3.63) is 36.4 Å². The molecule has 0 bridgehead atoms. The smallest absolute Gasteiger partial charge is 0 e. The molecular weight excluding hydrogens is 110 g/mol. The molecule has 1 nitrogen and oxygen atoms in total. The molecule has 0 atom stereocenters. The van der Waals surface area contributed by atoms with E-state index in [1.165, 1.54) is 7.05 Å². The summed E-state index contributed by atoms with van der Waals surface area (Å²) in [4.78, 5) is 0. The molecule has 0 aliphatic rings. The van der Waals surface area contributed by atoms with Gasteiger partial charge in [0.1, 0.15) is 0 Å². The highest BCUT2D eigenvalue weighted by Gasteiger charge is 1.57. The molecule has 0 aliphatic heterocycles. The van der Waals surface area contributed by atoms with Gasteiger partial charge < -0.3 is 5.73 Å². The zero-order chi connectivity index (χ0) is 6.24. The van der Waals surface area contributed by atoms with Crippen molar-refractivity contribution in [2.45, 2.75) is 7.43 Å². The molecule has 2 N–H and O–H groups in total. The predicted molar refractivity (Wildman–Crippen MR) is 45.4 cm³/mol. The van der Waals surface area contributed by atoms with Gasteiger partial charge in [-0.25, -0.2) is 0 Å². The number of benzene rings is 1. The first-order valence-electron chi connectivity index (χ1n) is 2.58. The van der Waals surface area contributed by atoms with Crippen LogP contribution in [0.4, 0.5) is 0 Å². The van der Waals surface area contributed by atoms with Gasteiger partial charge in [0, 0.05) is 1.43 Å². The first-order chi connectivity index (χ1) is 4.00. The fourth-order valence-corrected chi connectivity index (χ4v) is 0.385. The summed E-state index contributed by atoms with van der Waals surface area (Å²) in [7, 11) is 1.50. The zero-order valence-electron chi connectivity index (χ0n) is 5.04. The molecule has 0 spiro atoms. The molecule has 0 fully saturated rings. The van der Waals surface area contributed by atoms with Gasteiger partial charge in [-0.2, -0.15) is 0 Å². The average Bonchev–Trinajstić information content (AvgIpc) is 1.96. The summed E-state index contributed by atoms with van der Waals surface area (Å²) in [6.07, 6.45) is 0. The maximum atomic E-state index is 4.50. The zero-order valence-corrected chi connectivity index (χ0v) is 5.04. The van der Waals surface area contributed by atoms with Crippen molar-refractivity contribution in [2.75, 3.05) is 7.05 Å². The molecule has 1 aromatic rings. The number of hydrogen-bond acceptors (Lipinski definition) is 1. The van der Waals surface area contributed by atoms with Gasteiger partial charge in [0.05, 0.1) is 0 Å². The molecular formula is C8H17N. The maximum absolute atomic E-state index is 4.50. The third kappa shape index (κ3) is 7.18. The molecule has 0 saturated heterocycles. The second-order valence-corrected chi connectivity index (χ2v) is 1.15. The Morgan fingerprint density at radius 2 is 0.889 bits per heavy atom. The summed E-state index contributed by atoms with van der Waals surface area (Å²) in [6, 6.07) is 12.0. The summed E-state index contributed by atoms with van der Waals surface area (Å²) < 4.78 is 0. The van der Waals surface area contributed by atoms with Crippen LogP contribution in [0.15, 0.2) is 36.4 Å². The van der Waals surface area contributed by atoms with E-state index in [0.717, 1.165) is 0 Å². The predicted octanol–water partition coefficient (Wildman–Crippen LogP) is 2.14.